The summed E-state index contributed by atoms with van der Waals surface area (Å²) < 4.78 is 21.8. The maximum absolute atomic E-state index is 5.83. The molecule has 2 aromatic rings. The maximum atomic E-state index is 5.83. The second-order valence-corrected chi connectivity index (χ2v) is 4.76. The van der Waals surface area contributed by atoms with Gasteiger partial charge >= 0.3 is 0 Å². The van der Waals surface area contributed by atoms with E-state index in [1.54, 1.807) is 0 Å². The van der Waals surface area contributed by atoms with Crippen LogP contribution in [0.1, 0.15) is 0 Å². The first kappa shape index (κ1) is 17.5. The largest absolute Gasteiger partial charge is 0.498 e. The molecule has 0 atom stereocenters. The minimum atomic E-state index is 0.444. The van der Waals surface area contributed by atoms with Crippen molar-refractivity contribution in [2.24, 2.45) is 0 Å². The molecule has 0 aliphatic carbocycles. The Morgan fingerprint density at radius 2 is 1.04 bits per heavy atom. The molecule has 0 aliphatic heterocycles. The Morgan fingerprint density at radius 3 is 1.46 bits per heavy atom. The van der Waals surface area contributed by atoms with Crippen LogP contribution in [-0.2, 0) is 9.47 Å². The van der Waals surface area contributed by atoms with Crippen LogP contribution < -0.4 is 9.47 Å². The summed E-state index contributed by atoms with van der Waals surface area (Å²) in [4.78, 5) is 0. The Kier molecular flexibility index (Phi) is 7.28. The molecule has 24 heavy (non-hydrogen) atoms. The fourth-order valence-corrected chi connectivity index (χ4v) is 2.20. The summed E-state index contributed by atoms with van der Waals surface area (Å²) in [7, 11) is 0. The van der Waals surface area contributed by atoms with Crippen LogP contribution in [0.25, 0.3) is 11.1 Å². The lowest BCUT2D eigenvalue weighted by atomic mass is 10.0. The van der Waals surface area contributed by atoms with Gasteiger partial charge in [0.15, 0.2) is 0 Å². The van der Waals surface area contributed by atoms with Gasteiger partial charge in [0.2, 0.25) is 0 Å². The van der Waals surface area contributed by atoms with Gasteiger partial charge < -0.3 is 18.9 Å². The number of benzene rings is 2. The highest BCUT2D eigenvalue weighted by molar-refractivity contribution is 5.75. The molecule has 2 rings (SSSR count). The Balaban J connectivity index is 2.15. The molecule has 0 aromatic heterocycles. The van der Waals surface area contributed by atoms with Crippen LogP contribution in [0, 0.1) is 0 Å². The van der Waals surface area contributed by atoms with Gasteiger partial charge in [0.25, 0.3) is 0 Å². The van der Waals surface area contributed by atoms with Crippen molar-refractivity contribution in [3.05, 3.63) is 74.2 Å². The second-order valence-electron chi connectivity index (χ2n) is 4.76. The predicted octanol–water partition coefficient (Wildman–Crippen LogP) is 4.43. The molecular weight excluding hydrogens is 304 g/mol. The third-order valence-electron chi connectivity index (χ3n) is 3.22. The van der Waals surface area contributed by atoms with Gasteiger partial charge in [0.05, 0.1) is 12.5 Å². The highest BCUT2D eigenvalue weighted by atomic mass is 16.5. The molecule has 0 saturated heterocycles. The third-order valence-corrected chi connectivity index (χ3v) is 3.22. The third kappa shape index (κ3) is 5.09. The fraction of sp³-hybridized carbons (Fsp3) is 0.200. The number of para-hydroxylation sites is 2. The normalized spacial score (nSPS) is 9.83. The SMILES string of the molecule is C=COCCOc1ccccc1-c1ccccc1OCCOC=C. The summed E-state index contributed by atoms with van der Waals surface area (Å²) in [6.07, 6.45) is 2.81. The van der Waals surface area contributed by atoms with Crippen molar-refractivity contribution >= 4 is 0 Å². The topological polar surface area (TPSA) is 36.9 Å². The molecule has 0 aliphatic rings. The summed E-state index contributed by atoms with van der Waals surface area (Å²) in [6, 6.07) is 15.7. The van der Waals surface area contributed by atoms with E-state index in [-0.39, 0.29) is 0 Å². The van der Waals surface area contributed by atoms with Gasteiger partial charge in [-0.2, -0.15) is 0 Å². The molecule has 2 aromatic carbocycles. The van der Waals surface area contributed by atoms with Crippen LogP contribution in [0.5, 0.6) is 11.5 Å². The highest BCUT2D eigenvalue weighted by Crippen LogP contribution is 2.36. The molecule has 0 heterocycles. The summed E-state index contributed by atoms with van der Waals surface area (Å²) in [5.41, 5.74) is 1.94. The van der Waals surface area contributed by atoms with E-state index < -0.39 is 0 Å². The van der Waals surface area contributed by atoms with Crippen molar-refractivity contribution in [1.29, 1.82) is 0 Å². The van der Waals surface area contributed by atoms with Crippen molar-refractivity contribution in [3.63, 3.8) is 0 Å². The Morgan fingerprint density at radius 1 is 0.625 bits per heavy atom. The van der Waals surface area contributed by atoms with E-state index in [2.05, 4.69) is 13.2 Å². The van der Waals surface area contributed by atoms with Gasteiger partial charge in [-0.25, -0.2) is 0 Å². The maximum Gasteiger partial charge on any atom is 0.127 e. The van der Waals surface area contributed by atoms with E-state index in [4.69, 9.17) is 18.9 Å². The molecule has 0 unspecified atom stereocenters. The van der Waals surface area contributed by atoms with E-state index >= 15 is 0 Å². The molecule has 4 nitrogen and oxygen atoms in total. The number of hydrogen-bond acceptors (Lipinski definition) is 4. The molecule has 0 spiro atoms. The lowest BCUT2D eigenvalue weighted by Crippen LogP contribution is -2.06. The van der Waals surface area contributed by atoms with Gasteiger partial charge in [-0.05, 0) is 12.1 Å². The smallest absolute Gasteiger partial charge is 0.127 e. The van der Waals surface area contributed by atoms with Gasteiger partial charge in [0, 0.05) is 11.1 Å². The molecule has 0 bridgehead atoms. The average Bonchev–Trinajstić information content (AvgIpc) is 2.63. The molecular formula is C20H22O4. The zero-order chi connectivity index (χ0) is 17.0. The molecule has 126 valence electrons. The predicted molar refractivity (Wildman–Crippen MR) is 95.2 cm³/mol. The molecule has 0 amide bonds. The molecule has 0 radical (unpaired) electrons. The molecule has 4 heteroatoms. The first-order chi connectivity index (χ1) is 11.9. The van der Waals surface area contributed by atoms with Crippen LogP contribution >= 0.6 is 0 Å². The van der Waals surface area contributed by atoms with E-state index in [0.29, 0.717) is 26.4 Å². The zero-order valence-electron chi connectivity index (χ0n) is 13.6. The molecule has 0 saturated carbocycles. The van der Waals surface area contributed by atoms with Gasteiger partial charge in [-0.15, -0.1) is 0 Å². The second kappa shape index (κ2) is 10.0. The van der Waals surface area contributed by atoms with Crippen molar-refractivity contribution in [2.75, 3.05) is 26.4 Å². The summed E-state index contributed by atoms with van der Waals surface area (Å²) in [6.45, 7) is 8.82. The lowest BCUT2D eigenvalue weighted by molar-refractivity contribution is 0.178. The summed E-state index contributed by atoms with van der Waals surface area (Å²) in [5, 5.41) is 0. The van der Waals surface area contributed by atoms with Crippen LogP contribution in [0.15, 0.2) is 74.2 Å². The minimum absolute atomic E-state index is 0.444. The standard InChI is InChI=1S/C20H22O4/c1-3-21-13-15-23-19-11-7-5-9-17(19)18-10-6-8-12-20(18)24-16-14-22-4-2/h3-12H,1-2,13-16H2. The van der Waals surface area contributed by atoms with Gasteiger partial charge in [0.1, 0.15) is 37.9 Å². The first-order valence-electron chi connectivity index (χ1n) is 7.76. The van der Waals surface area contributed by atoms with E-state index in [1.165, 1.54) is 12.5 Å². The average molecular weight is 326 g/mol. The lowest BCUT2D eigenvalue weighted by Gasteiger charge is -2.15. The fourth-order valence-electron chi connectivity index (χ4n) is 2.20. The van der Waals surface area contributed by atoms with Crippen LogP contribution in [0.3, 0.4) is 0 Å². The van der Waals surface area contributed by atoms with Crippen LogP contribution in [-0.4, -0.2) is 26.4 Å². The van der Waals surface area contributed by atoms with Crippen molar-refractivity contribution < 1.29 is 18.9 Å². The van der Waals surface area contributed by atoms with Crippen LogP contribution in [0.2, 0.25) is 0 Å². The zero-order valence-corrected chi connectivity index (χ0v) is 13.6. The summed E-state index contributed by atoms with van der Waals surface area (Å²) >= 11 is 0. The first-order valence-corrected chi connectivity index (χ1v) is 7.76. The Labute approximate surface area is 142 Å². The Hall–Kier alpha value is -2.88. The minimum Gasteiger partial charge on any atom is -0.498 e. The van der Waals surface area contributed by atoms with E-state index in [1.807, 2.05) is 48.5 Å². The Bertz CT molecular complexity index is 594. The van der Waals surface area contributed by atoms with Crippen LogP contribution in [0.4, 0.5) is 0 Å². The monoisotopic (exact) mass is 326 g/mol. The summed E-state index contributed by atoms with van der Waals surface area (Å²) in [5.74, 6) is 1.56. The van der Waals surface area contributed by atoms with E-state index in [9.17, 15) is 0 Å². The highest BCUT2D eigenvalue weighted by Gasteiger charge is 2.11. The quantitative estimate of drug-likeness (QED) is 0.452. The van der Waals surface area contributed by atoms with Crippen molar-refractivity contribution in [1.82, 2.24) is 0 Å². The van der Waals surface area contributed by atoms with Gasteiger partial charge in [-0.1, -0.05) is 49.6 Å². The van der Waals surface area contributed by atoms with Crippen molar-refractivity contribution in [3.8, 4) is 22.6 Å². The van der Waals surface area contributed by atoms with E-state index in [0.717, 1.165) is 22.6 Å². The molecule has 0 fully saturated rings. The van der Waals surface area contributed by atoms with Crippen molar-refractivity contribution in [2.45, 2.75) is 0 Å². The number of rotatable bonds is 11. The number of hydrogen-bond donors (Lipinski definition) is 0. The molecule has 0 N–H and O–H groups in total. The number of ether oxygens (including phenoxy) is 4. The van der Waals surface area contributed by atoms with Gasteiger partial charge in [-0.3, -0.25) is 0 Å².